The smallest absolute Gasteiger partial charge is 0.325 e. The predicted octanol–water partition coefficient (Wildman–Crippen LogP) is 4.26. The summed E-state index contributed by atoms with van der Waals surface area (Å²) in [6.45, 7) is 2.85. The summed E-state index contributed by atoms with van der Waals surface area (Å²) in [4.78, 5) is 15.1. The van der Waals surface area contributed by atoms with Gasteiger partial charge in [0.05, 0.1) is 0 Å². The van der Waals surface area contributed by atoms with Gasteiger partial charge in [-0.15, -0.1) is 11.3 Å². The quantitative estimate of drug-likeness (QED) is 0.883. The molecule has 110 valence electrons. The molecule has 0 radical (unpaired) electrons. The highest BCUT2D eigenvalue weighted by Gasteiger charge is 2.36. The van der Waals surface area contributed by atoms with Crippen LogP contribution in [0.1, 0.15) is 35.0 Å². The summed E-state index contributed by atoms with van der Waals surface area (Å²) < 4.78 is 1.03. The minimum Gasteiger partial charge on any atom is -0.480 e. The van der Waals surface area contributed by atoms with E-state index in [1.807, 2.05) is 29.6 Å². The predicted molar refractivity (Wildman–Crippen MR) is 87.7 cm³/mol. The Hall–Kier alpha value is -1.17. The van der Waals surface area contributed by atoms with Gasteiger partial charge in [-0.1, -0.05) is 34.1 Å². The third-order valence-electron chi connectivity index (χ3n) is 4.09. The number of nitrogens with zero attached hydrogens (tertiary/aromatic N) is 1. The van der Waals surface area contributed by atoms with Crippen LogP contribution < -0.4 is 0 Å². The minimum absolute atomic E-state index is 0.0507. The number of hydrogen-bond acceptors (Lipinski definition) is 3. The highest BCUT2D eigenvalue weighted by Crippen LogP contribution is 2.39. The molecule has 1 N–H and O–H groups in total. The monoisotopic (exact) mass is 365 g/mol. The first-order valence-corrected chi connectivity index (χ1v) is 8.56. The van der Waals surface area contributed by atoms with Crippen LogP contribution in [0.25, 0.3) is 0 Å². The average molecular weight is 366 g/mol. The van der Waals surface area contributed by atoms with Gasteiger partial charge in [-0.25, -0.2) is 0 Å². The van der Waals surface area contributed by atoms with Gasteiger partial charge in [-0.3, -0.25) is 9.69 Å². The summed E-state index contributed by atoms with van der Waals surface area (Å²) >= 11 is 5.23. The van der Waals surface area contributed by atoms with Crippen molar-refractivity contribution in [2.24, 2.45) is 0 Å². The van der Waals surface area contributed by atoms with Crippen LogP contribution in [0, 0.1) is 0 Å². The molecule has 0 fully saturated rings. The second kappa shape index (κ2) is 5.91. The molecular formula is C16H16BrNO2S. The summed E-state index contributed by atoms with van der Waals surface area (Å²) in [5.41, 5.74) is 2.08. The van der Waals surface area contributed by atoms with E-state index < -0.39 is 12.0 Å². The van der Waals surface area contributed by atoms with Crippen molar-refractivity contribution < 1.29 is 9.90 Å². The van der Waals surface area contributed by atoms with E-state index >= 15 is 0 Å². The second-order valence-corrected chi connectivity index (χ2v) is 7.08. The Morgan fingerprint density at radius 1 is 1.43 bits per heavy atom. The first-order valence-electron chi connectivity index (χ1n) is 6.89. The number of fused-ring (bicyclic) bond motifs is 1. The summed E-state index contributed by atoms with van der Waals surface area (Å²) in [7, 11) is 0. The summed E-state index contributed by atoms with van der Waals surface area (Å²) in [6, 6.07) is 9.47. The van der Waals surface area contributed by atoms with Crippen molar-refractivity contribution >= 4 is 33.2 Å². The highest BCUT2D eigenvalue weighted by molar-refractivity contribution is 9.10. The average Bonchev–Trinajstić information content (AvgIpc) is 2.94. The largest absolute Gasteiger partial charge is 0.480 e. The number of thiophene rings is 1. The number of aliphatic carboxylic acids is 1. The maximum Gasteiger partial charge on any atom is 0.325 e. The van der Waals surface area contributed by atoms with Crippen LogP contribution in [-0.2, 0) is 11.2 Å². The molecule has 3 rings (SSSR count). The van der Waals surface area contributed by atoms with Gasteiger partial charge in [0, 0.05) is 21.9 Å². The summed E-state index contributed by atoms with van der Waals surface area (Å²) in [5.74, 6) is -0.770. The van der Waals surface area contributed by atoms with Crippen molar-refractivity contribution in [2.45, 2.75) is 25.4 Å². The molecule has 0 aliphatic carbocycles. The molecule has 5 heteroatoms. The van der Waals surface area contributed by atoms with Crippen molar-refractivity contribution in [3.05, 3.63) is 56.2 Å². The first kappa shape index (κ1) is 14.8. The Bertz CT molecular complexity index is 670. The van der Waals surface area contributed by atoms with E-state index in [1.165, 1.54) is 4.88 Å². The number of carbonyl (C=O) groups is 1. The molecule has 2 heterocycles. The van der Waals surface area contributed by atoms with Gasteiger partial charge in [-0.05, 0) is 42.0 Å². The van der Waals surface area contributed by atoms with Crippen molar-refractivity contribution in [1.82, 2.24) is 4.90 Å². The number of rotatable bonds is 3. The van der Waals surface area contributed by atoms with Crippen LogP contribution in [0.4, 0.5) is 0 Å². The molecule has 0 saturated heterocycles. The van der Waals surface area contributed by atoms with Gasteiger partial charge in [0.1, 0.15) is 6.04 Å². The van der Waals surface area contributed by atoms with Gasteiger partial charge < -0.3 is 5.11 Å². The van der Waals surface area contributed by atoms with Crippen molar-refractivity contribution in [3.8, 4) is 0 Å². The molecular weight excluding hydrogens is 350 g/mol. The Balaban J connectivity index is 1.98. The van der Waals surface area contributed by atoms with Crippen LogP contribution >= 0.6 is 27.3 Å². The third kappa shape index (κ3) is 2.65. The van der Waals surface area contributed by atoms with Crippen LogP contribution in [0.3, 0.4) is 0 Å². The standard InChI is InChI=1S/C16H16BrNO2S/c1-10(11-4-2-3-5-13(11)17)18-8-6-14-12(7-9-21-14)15(18)16(19)20/h2-5,7,9-10,15H,6,8H2,1H3,(H,19,20). The number of halogens is 1. The summed E-state index contributed by atoms with van der Waals surface area (Å²) in [5, 5.41) is 11.7. The van der Waals surface area contributed by atoms with E-state index in [0.29, 0.717) is 0 Å². The molecule has 1 aromatic heterocycles. The van der Waals surface area contributed by atoms with Crippen LogP contribution in [0.5, 0.6) is 0 Å². The van der Waals surface area contributed by atoms with Gasteiger partial charge >= 0.3 is 5.97 Å². The molecule has 0 saturated carbocycles. The fourth-order valence-electron chi connectivity index (χ4n) is 3.02. The van der Waals surface area contributed by atoms with Crippen LogP contribution in [0.2, 0.25) is 0 Å². The number of hydrogen-bond donors (Lipinski definition) is 1. The van der Waals surface area contributed by atoms with E-state index in [2.05, 4.69) is 33.8 Å². The van der Waals surface area contributed by atoms with Crippen molar-refractivity contribution in [1.29, 1.82) is 0 Å². The van der Waals surface area contributed by atoms with Gasteiger partial charge in [-0.2, -0.15) is 0 Å². The maximum absolute atomic E-state index is 11.8. The zero-order valence-electron chi connectivity index (χ0n) is 11.6. The fraction of sp³-hybridized carbons (Fsp3) is 0.312. The molecule has 1 aliphatic heterocycles. The fourth-order valence-corrected chi connectivity index (χ4v) is 4.54. The topological polar surface area (TPSA) is 40.5 Å². The lowest BCUT2D eigenvalue weighted by Crippen LogP contribution is -2.40. The Labute approximate surface area is 136 Å². The zero-order chi connectivity index (χ0) is 15.0. The van der Waals surface area contributed by atoms with E-state index in [-0.39, 0.29) is 6.04 Å². The maximum atomic E-state index is 11.8. The first-order chi connectivity index (χ1) is 10.1. The van der Waals surface area contributed by atoms with Crippen LogP contribution in [0.15, 0.2) is 40.2 Å². The minimum atomic E-state index is -0.770. The molecule has 1 aliphatic rings. The number of benzene rings is 1. The van der Waals surface area contributed by atoms with Gasteiger partial charge in [0.25, 0.3) is 0 Å². The molecule has 1 aromatic carbocycles. The number of carboxylic acid groups (broad SMARTS) is 1. The molecule has 2 atom stereocenters. The van der Waals surface area contributed by atoms with E-state index in [1.54, 1.807) is 11.3 Å². The molecule has 2 unspecified atom stereocenters. The van der Waals surface area contributed by atoms with Crippen LogP contribution in [-0.4, -0.2) is 22.5 Å². The lowest BCUT2D eigenvalue weighted by molar-refractivity contribution is -0.145. The highest BCUT2D eigenvalue weighted by atomic mass is 79.9. The zero-order valence-corrected chi connectivity index (χ0v) is 14.0. The SMILES string of the molecule is CC(c1ccccc1Br)N1CCc2sccc2C1C(=O)O. The molecule has 0 spiro atoms. The lowest BCUT2D eigenvalue weighted by atomic mass is 9.96. The Kier molecular flexibility index (Phi) is 4.15. The van der Waals surface area contributed by atoms with Crippen molar-refractivity contribution in [3.63, 3.8) is 0 Å². The molecule has 2 aromatic rings. The molecule has 21 heavy (non-hydrogen) atoms. The summed E-state index contributed by atoms with van der Waals surface area (Å²) in [6.07, 6.45) is 0.922. The second-order valence-electron chi connectivity index (χ2n) is 5.23. The lowest BCUT2D eigenvalue weighted by Gasteiger charge is -2.38. The number of carboxylic acids is 1. The molecule has 0 amide bonds. The third-order valence-corrected chi connectivity index (χ3v) is 5.81. The normalized spacial score (nSPS) is 20.0. The van der Waals surface area contributed by atoms with E-state index in [9.17, 15) is 9.90 Å². The Morgan fingerprint density at radius 2 is 2.19 bits per heavy atom. The van der Waals surface area contributed by atoms with Gasteiger partial charge in [0.15, 0.2) is 0 Å². The molecule has 0 bridgehead atoms. The molecule has 3 nitrogen and oxygen atoms in total. The van der Waals surface area contributed by atoms with E-state index in [4.69, 9.17) is 0 Å². The van der Waals surface area contributed by atoms with Gasteiger partial charge in [0.2, 0.25) is 0 Å². The van der Waals surface area contributed by atoms with E-state index in [0.717, 1.165) is 28.6 Å². The Morgan fingerprint density at radius 3 is 2.90 bits per heavy atom. The van der Waals surface area contributed by atoms with Crippen molar-refractivity contribution in [2.75, 3.05) is 6.54 Å².